The molecule has 0 radical (unpaired) electrons. The first-order valence-electron chi connectivity index (χ1n) is 8.09. The molecule has 0 aromatic heterocycles. The lowest BCUT2D eigenvalue weighted by molar-refractivity contribution is -0.116. The Morgan fingerprint density at radius 3 is 2.75 bits per heavy atom. The van der Waals surface area contributed by atoms with Gasteiger partial charge in [-0.15, -0.1) is 0 Å². The standard InChI is InChI=1S/C19H21FN2O2/c1-24-11-10-18(13-2-5-15(20)6-3-13)21-16-7-8-17-14(12-16)4-9-19(23)22-17/h2-3,5-8,12,18,21H,4,9-11H2,1H3,(H,22,23)/t18-/m1/s1. The van der Waals surface area contributed by atoms with Gasteiger partial charge in [0.25, 0.3) is 0 Å². The van der Waals surface area contributed by atoms with Gasteiger partial charge in [0.15, 0.2) is 0 Å². The zero-order valence-electron chi connectivity index (χ0n) is 13.6. The van der Waals surface area contributed by atoms with E-state index >= 15 is 0 Å². The number of benzene rings is 2. The summed E-state index contributed by atoms with van der Waals surface area (Å²) in [6.07, 6.45) is 2.04. The van der Waals surface area contributed by atoms with Crippen molar-refractivity contribution in [2.45, 2.75) is 25.3 Å². The van der Waals surface area contributed by atoms with Crippen molar-refractivity contribution in [1.29, 1.82) is 0 Å². The van der Waals surface area contributed by atoms with Gasteiger partial charge in [0, 0.05) is 31.5 Å². The molecule has 1 aliphatic heterocycles. The summed E-state index contributed by atoms with van der Waals surface area (Å²) in [5, 5.41) is 6.38. The fourth-order valence-corrected chi connectivity index (χ4v) is 2.93. The third-order valence-electron chi connectivity index (χ3n) is 4.22. The third-order valence-corrected chi connectivity index (χ3v) is 4.22. The zero-order chi connectivity index (χ0) is 16.9. The van der Waals surface area contributed by atoms with Gasteiger partial charge in [0.05, 0.1) is 6.04 Å². The van der Waals surface area contributed by atoms with Gasteiger partial charge in [-0.3, -0.25) is 4.79 Å². The molecule has 2 aromatic carbocycles. The van der Waals surface area contributed by atoms with Crippen LogP contribution in [0.4, 0.5) is 15.8 Å². The minimum absolute atomic E-state index is 0.0294. The molecule has 2 N–H and O–H groups in total. The van der Waals surface area contributed by atoms with Crippen LogP contribution in [0.2, 0.25) is 0 Å². The number of hydrogen-bond acceptors (Lipinski definition) is 3. The number of anilines is 2. The van der Waals surface area contributed by atoms with E-state index in [0.29, 0.717) is 13.0 Å². The second kappa shape index (κ2) is 7.45. The maximum Gasteiger partial charge on any atom is 0.224 e. The smallest absolute Gasteiger partial charge is 0.224 e. The zero-order valence-corrected chi connectivity index (χ0v) is 13.6. The van der Waals surface area contributed by atoms with Crippen LogP contribution in [0.3, 0.4) is 0 Å². The highest BCUT2D eigenvalue weighted by atomic mass is 19.1. The molecule has 126 valence electrons. The van der Waals surface area contributed by atoms with Crippen molar-refractivity contribution in [2.24, 2.45) is 0 Å². The van der Waals surface area contributed by atoms with Gasteiger partial charge in [-0.25, -0.2) is 4.39 Å². The maximum atomic E-state index is 13.2. The van der Waals surface area contributed by atoms with Gasteiger partial charge in [-0.1, -0.05) is 12.1 Å². The van der Waals surface area contributed by atoms with Crippen molar-refractivity contribution in [2.75, 3.05) is 24.4 Å². The number of hydrogen-bond donors (Lipinski definition) is 2. The summed E-state index contributed by atoms with van der Waals surface area (Å²) in [5.41, 5.74) is 4.01. The molecule has 0 unspecified atom stereocenters. The molecular weight excluding hydrogens is 307 g/mol. The normalized spacial score (nSPS) is 14.7. The predicted molar refractivity (Wildman–Crippen MR) is 92.6 cm³/mol. The first kappa shape index (κ1) is 16.5. The average Bonchev–Trinajstić information content (AvgIpc) is 2.59. The maximum absolute atomic E-state index is 13.2. The Bertz CT molecular complexity index is 716. The van der Waals surface area contributed by atoms with E-state index in [1.807, 2.05) is 12.1 Å². The minimum Gasteiger partial charge on any atom is -0.385 e. The molecule has 1 atom stereocenters. The monoisotopic (exact) mass is 328 g/mol. The Labute approximate surface area is 141 Å². The Kier molecular flexibility index (Phi) is 5.11. The highest BCUT2D eigenvalue weighted by molar-refractivity contribution is 5.94. The molecule has 0 spiro atoms. The van der Waals surface area contributed by atoms with E-state index in [-0.39, 0.29) is 17.8 Å². The molecule has 2 aromatic rings. The summed E-state index contributed by atoms with van der Waals surface area (Å²) < 4.78 is 18.4. The lowest BCUT2D eigenvalue weighted by Gasteiger charge is -2.23. The van der Waals surface area contributed by atoms with Crippen molar-refractivity contribution < 1.29 is 13.9 Å². The van der Waals surface area contributed by atoms with Crippen molar-refractivity contribution in [3.63, 3.8) is 0 Å². The van der Waals surface area contributed by atoms with Gasteiger partial charge in [-0.2, -0.15) is 0 Å². The number of methoxy groups -OCH3 is 1. The van der Waals surface area contributed by atoms with Crippen LogP contribution < -0.4 is 10.6 Å². The summed E-state index contributed by atoms with van der Waals surface area (Å²) in [4.78, 5) is 11.4. The predicted octanol–water partition coefficient (Wildman–Crippen LogP) is 3.90. The first-order chi connectivity index (χ1) is 11.7. The molecule has 1 aliphatic rings. The van der Waals surface area contributed by atoms with Crippen LogP contribution in [-0.4, -0.2) is 19.6 Å². The second-order valence-electron chi connectivity index (χ2n) is 5.95. The van der Waals surface area contributed by atoms with Crippen LogP contribution in [0, 0.1) is 5.82 Å². The number of aryl methyl sites for hydroxylation is 1. The van der Waals surface area contributed by atoms with Gasteiger partial charge < -0.3 is 15.4 Å². The fraction of sp³-hybridized carbons (Fsp3) is 0.316. The van der Waals surface area contributed by atoms with E-state index in [1.54, 1.807) is 19.2 Å². The number of carbonyl (C=O) groups is 1. The quantitative estimate of drug-likeness (QED) is 0.845. The fourth-order valence-electron chi connectivity index (χ4n) is 2.93. The Hall–Kier alpha value is -2.40. The number of ether oxygens (including phenoxy) is 1. The summed E-state index contributed by atoms with van der Waals surface area (Å²) in [5.74, 6) is -0.179. The summed E-state index contributed by atoms with van der Waals surface area (Å²) in [6.45, 7) is 0.607. The molecule has 5 heteroatoms. The topological polar surface area (TPSA) is 50.4 Å². The number of rotatable bonds is 6. The molecule has 24 heavy (non-hydrogen) atoms. The van der Waals surface area contributed by atoms with Crippen LogP contribution in [0.1, 0.15) is 30.0 Å². The molecule has 4 nitrogen and oxygen atoms in total. The number of nitrogens with one attached hydrogen (secondary N) is 2. The Morgan fingerprint density at radius 2 is 2.00 bits per heavy atom. The molecule has 0 bridgehead atoms. The van der Waals surface area contributed by atoms with E-state index < -0.39 is 0 Å². The Morgan fingerprint density at radius 1 is 1.21 bits per heavy atom. The van der Waals surface area contributed by atoms with E-state index in [4.69, 9.17) is 4.74 Å². The highest BCUT2D eigenvalue weighted by Gasteiger charge is 2.16. The van der Waals surface area contributed by atoms with Gasteiger partial charge in [0.2, 0.25) is 5.91 Å². The lowest BCUT2D eigenvalue weighted by atomic mass is 10.0. The molecule has 1 amide bonds. The first-order valence-corrected chi connectivity index (χ1v) is 8.09. The Balaban J connectivity index is 1.79. The van der Waals surface area contributed by atoms with Gasteiger partial charge in [0.1, 0.15) is 5.82 Å². The van der Waals surface area contributed by atoms with Crippen LogP contribution >= 0.6 is 0 Å². The van der Waals surface area contributed by atoms with Crippen molar-refractivity contribution in [1.82, 2.24) is 0 Å². The molecule has 3 rings (SSSR count). The van der Waals surface area contributed by atoms with Crippen LogP contribution in [0.5, 0.6) is 0 Å². The molecule has 0 saturated carbocycles. The van der Waals surface area contributed by atoms with E-state index in [0.717, 1.165) is 35.3 Å². The average molecular weight is 328 g/mol. The van der Waals surface area contributed by atoms with Crippen molar-refractivity contribution in [3.8, 4) is 0 Å². The SMILES string of the molecule is COCC[C@@H](Nc1ccc2c(c1)CCC(=O)N2)c1ccc(F)cc1. The molecular formula is C19H21FN2O2. The van der Waals surface area contributed by atoms with E-state index in [9.17, 15) is 9.18 Å². The number of amides is 1. The summed E-state index contributed by atoms with van der Waals surface area (Å²) in [7, 11) is 1.67. The van der Waals surface area contributed by atoms with E-state index in [1.165, 1.54) is 12.1 Å². The lowest BCUT2D eigenvalue weighted by Crippen LogP contribution is -2.19. The summed E-state index contributed by atoms with van der Waals surface area (Å²) >= 11 is 0. The van der Waals surface area contributed by atoms with Gasteiger partial charge in [-0.05, 0) is 54.3 Å². The highest BCUT2D eigenvalue weighted by Crippen LogP contribution is 2.29. The van der Waals surface area contributed by atoms with Crippen molar-refractivity contribution in [3.05, 3.63) is 59.4 Å². The largest absolute Gasteiger partial charge is 0.385 e. The van der Waals surface area contributed by atoms with E-state index in [2.05, 4.69) is 16.7 Å². The third kappa shape index (κ3) is 3.92. The summed E-state index contributed by atoms with van der Waals surface area (Å²) in [6, 6.07) is 12.5. The van der Waals surface area contributed by atoms with Crippen LogP contribution in [-0.2, 0) is 16.0 Å². The van der Waals surface area contributed by atoms with Crippen LogP contribution in [0.25, 0.3) is 0 Å². The molecule has 0 saturated heterocycles. The molecule has 0 aliphatic carbocycles. The van der Waals surface area contributed by atoms with Crippen LogP contribution in [0.15, 0.2) is 42.5 Å². The van der Waals surface area contributed by atoms with Crippen molar-refractivity contribution >= 4 is 17.3 Å². The minimum atomic E-state index is -0.242. The molecule has 0 fully saturated rings. The number of halogens is 1. The molecule has 1 heterocycles. The number of carbonyl (C=O) groups excluding carboxylic acids is 1. The number of fused-ring (bicyclic) bond motifs is 1. The van der Waals surface area contributed by atoms with Gasteiger partial charge >= 0.3 is 0 Å². The second-order valence-corrected chi connectivity index (χ2v) is 5.95.